The van der Waals surface area contributed by atoms with Crippen molar-refractivity contribution < 1.29 is 9.90 Å². The van der Waals surface area contributed by atoms with E-state index >= 15 is 0 Å². The maximum absolute atomic E-state index is 11.4. The van der Waals surface area contributed by atoms with Gasteiger partial charge in [-0.25, -0.2) is 0 Å². The van der Waals surface area contributed by atoms with E-state index in [0.717, 1.165) is 19.3 Å². The molecule has 0 aliphatic heterocycles. The van der Waals surface area contributed by atoms with Crippen molar-refractivity contribution in [3.05, 3.63) is 0 Å². The smallest absolute Gasteiger partial charge is 0.236 e. The van der Waals surface area contributed by atoms with E-state index in [0.29, 0.717) is 13.0 Å². The molecule has 0 unspecified atom stereocenters. The highest BCUT2D eigenvalue weighted by Crippen LogP contribution is 2.47. The minimum absolute atomic E-state index is 0.0725. The van der Waals surface area contributed by atoms with Gasteiger partial charge in [-0.05, 0) is 31.1 Å². The molecule has 0 spiro atoms. The molecule has 1 aliphatic carbocycles. The number of rotatable bonds is 6. The Balaban J connectivity index is 2.23. The SMILES string of the molecule is CC[C@H](N)C(=O)NCC1(CCO)CC1. The van der Waals surface area contributed by atoms with Crippen molar-refractivity contribution in [3.63, 3.8) is 0 Å². The normalized spacial score (nSPS) is 20.2. The lowest BCUT2D eigenvalue weighted by Gasteiger charge is -2.16. The van der Waals surface area contributed by atoms with Gasteiger partial charge in [0.25, 0.3) is 0 Å². The van der Waals surface area contributed by atoms with Crippen molar-refractivity contribution in [3.8, 4) is 0 Å². The van der Waals surface area contributed by atoms with Crippen LogP contribution in [0.2, 0.25) is 0 Å². The summed E-state index contributed by atoms with van der Waals surface area (Å²) in [4.78, 5) is 11.4. The molecule has 0 aromatic carbocycles. The minimum atomic E-state index is -0.389. The average Bonchev–Trinajstić information content (AvgIpc) is 2.94. The Bertz CT molecular complexity index is 202. The molecular formula is C10H20N2O2. The first-order valence-electron chi connectivity index (χ1n) is 5.28. The number of carbonyl (C=O) groups is 1. The topological polar surface area (TPSA) is 75.4 Å². The van der Waals surface area contributed by atoms with E-state index in [9.17, 15) is 4.79 Å². The van der Waals surface area contributed by atoms with Crippen molar-refractivity contribution in [1.82, 2.24) is 5.32 Å². The van der Waals surface area contributed by atoms with Gasteiger partial charge in [0.2, 0.25) is 5.91 Å². The summed E-state index contributed by atoms with van der Waals surface area (Å²) in [6.07, 6.45) is 3.66. The van der Waals surface area contributed by atoms with Crippen LogP contribution in [0.5, 0.6) is 0 Å². The second kappa shape index (κ2) is 4.75. The quantitative estimate of drug-likeness (QED) is 0.565. The number of aliphatic hydroxyl groups excluding tert-OH is 1. The van der Waals surface area contributed by atoms with Gasteiger partial charge in [0.1, 0.15) is 0 Å². The standard InChI is InChI=1S/C10H20N2O2/c1-2-8(11)9(14)12-7-10(3-4-10)5-6-13/h8,13H,2-7,11H2,1H3,(H,12,14)/t8-/m0/s1. The Morgan fingerprint density at radius 2 is 2.29 bits per heavy atom. The number of aliphatic hydroxyl groups is 1. The van der Waals surface area contributed by atoms with E-state index < -0.39 is 0 Å². The van der Waals surface area contributed by atoms with E-state index in [2.05, 4.69) is 5.32 Å². The van der Waals surface area contributed by atoms with Gasteiger partial charge < -0.3 is 16.2 Å². The lowest BCUT2D eigenvalue weighted by Crippen LogP contribution is -2.42. The zero-order valence-corrected chi connectivity index (χ0v) is 8.75. The maximum Gasteiger partial charge on any atom is 0.236 e. The van der Waals surface area contributed by atoms with Crippen molar-refractivity contribution >= 4 is 5.91 Å². The molecule has 0 heterocycles. The molecular weight excluding hydrogens is 180 g/mol. The summed E-state index contributed by atoms with van der Waals surface area (Å²) in [5, 5.41) is 11.7. The highest BCUT2D eigenvalue weighted by Gasteiger charge is 2.41. The van der Waals surface area contributed by atoms with Crippen LogP contribution in [0.15, 0.2) is 0 Å². The van der Waals surface area contributed by atoms with E-state index in [4.69, 9.17) is 10.8 Å². The first kappa shape index (κ1) is 11.5. The van der Waals surface area contributed by atoms with E-state index in [1.165, 1.54) is 0 Å². The zero-order valence-electron chi connectivity index (χ0n) is 8.75. The van der Waals surface area contributed by atoms with Crippen LogP contribution in [-0.4, -0.2) is 30.2 Å². The number of nitrogens with two attached hydrogens (primary N) is 1. The highest BCUT2D eigenvalue weighted by atomic mass is 16.3. The predicted molar refractivity (Wildman–Crippen MR) is 54.6 cm³/mol. The van der Waals surface area contributed by atoms with E-state index in [1.54, 1.807) is 0 Å². The zero-order chi connectivity index (χ0) is 10.6. The molecule has 4 nitrogen and oxygen atoms in total. The Kier molecular flexibility index (Phi) is 3.89. The summed E-state index contributed by atoms with van der Waals surface area (Å²) in [7, 11) is 0. The molecule has 4 N–H and O–H groups in total. The van der Waals surface area contributed by atoms with Crippen LogP contribution in [0.3, 0.4) is 0 Å². The fraction of sp³-hybridized carbons (Fsp3) is 0.900. The Labute approximate surface area is 84.9 Å². The summed E-state index contributed by atoms with van der Waals surface area (Å²) in [5.41, 5.74) is 5.76. The van der Waals surface area contributed by atoms with Gasteiger partial charge >= 0.3 is 0 Å². The van der Waals surface area contributed by atoms with Gasteiger partial charge in [-0.3, -0.25) is 4.79 Å². The first-order chi connectivity index (χ1) is 6.63. The molecule has 1 aliphatic rings. The molecule has 0 radical (unpaired) electrons. The first-order valence-corrected chi connectivity index (χ1v) is 5.28. The van der Waals surface area contributed by atoms with Crippen LogP contribution >= 0.6 is 0 Å². The Hall–Kier alpha value is -0.610. The predicted octanol–water partition coefficient (Wildman–Crippen LogP) is 0.00250. The lowest BCUT2D eigenvalue weighted by molar-refractivity contribution is -0.122. The van der Waals surface area contributed by atoms with Gasteiger partial charge in [0.15, 0.2) is 0 Å². The molecule has 82 valence electrons. The van der Waals surface area contributed by atoms with Gasteiger partial charge in [-0.15, -0.1) is 0 Å². The van der Waals surface area contributed by atoms with Crippen LogP contribution in [0.1, 0.15) is 32.6 Å². The lowest BCUT2D eigenvalue weighted by atomic mass is 10.0. The van der Waals surface area contributed by atoms with Gasteiger partial charge in [0.05, 0.1) is 6.04 Å². The summed E-state index contributed by atoms with van der Waals surface area (Å²) < 4.78 is 0. The highest BCUT2D eigenvalue weighted by molar-refractivity contribution is 5.81. The summed E-state index contributed by atoms with van der Waals surface area (Å²) in [5.74, 6) is -0.0725. The molecule has 1 rings (SSSR count). The minimum Gasteiger partial charge on any atom is -0.396 e. The molecule has 0 bridgehead atoms. The average molecular weight is 200 g/mol. The van der Waals surface area contributed by atoms with Gasteiger partial charge in [-0.2, -0.15) is 0 Å². The number of hydrogen-bond acceptors (Lipinski definition) is 3. The molecule has 1 fully saturated rings. The Morgan fingerprint density at radius 1 is 1.64 bits per heavy atom. The van der Waals surface area contributed by atoms with Gasteiger partial charge in [-0.1, -0.05) is 6.92 Å². The van der Waals surface area contributed by atoms with Crippen LogP contribution in [-0.2, 0) is 4.79 Å². The number of carbonyl (C=O) groups excluding carboxylic acids is 1. The molecule has 0 aromatic rings. The molecule has 1 atom stereocenters. The summed E-state index contributed by atoms with van der Waals surface area (Å²) >= 11 is 0. The fourth-order valence-corrected chi connectivity index (χ4v) is 1.52. The molecule has 1 saturated carbocycles. The van der Waals surface area contributed by atoms with Crippen molar-refractivity contribution in [2.24, 2.45) is 11.1 Å². The van der Waals surface area contributed by atoms with Crippen LogP contribution < -0.4 is 11.1 Å². The second-order valence-corrected chi connectivity index (χ2v) is 4.21. The third kappa shape index (κ3) is 2.96. The van der Waals surface area contributed by atoms with Crippen LogP contribution in [0.25, 0.3) is 0 Å². The molecule has 4 heteroatoms. The number of amides is 1. The van der Waals surface area contributed by atoms with Crippen molar-refractivity contribution in [1.29, 1.82) is 0 Å². The monoisotopic (exact) mass is 200 g/mol. The molecule has 0 aromatic heterocycles. The molecule has 0 saturated heterocycles. The third-order valence-electron chi connectivity index (χ3n) is 3.01. The maximum atomic E-state index is 11.4. The molecule has 14 heavy (non-hydrogen) atoms. The largest absolute Gasteiger partial charge is 0.396 e. The fourth-order valence-electron chi connectivity index (χ4n) is 1.52. The third-order valence-corrected chi connectivity index (χ3v) is 3.01. The van der Waals surface area contributed by atoms with Crippen molar-refractivity contribution in [2.75, 3.05) is 13.2 Å². The Morgan fingerprint density at radius 3 is 2.71 bits per heavy atom. The second-order valence-electron chi connectivity index (χ2n) is 4.21. The van der Waals surface area contributed by atoms with Crippen LogP contribution in [0, 0.1) is 5.41 Å². The van der Waals surface area contributed by atoms with Crippen molar-refractivity contribution in [2.45, 2.75) is 38.6 Å². The van der Waals surface area contributed by atoms with Gasteiger partial charge in [0, 0.05) is 13.2 Å². The molecule has 1 amide bonds. The van der Waals surface area contributed by atoms with E-state index in [-0.39, 0.29) is 24.0 Å². The van der Waals surface area contributed by atoms with Crippen LogP contribution in [0.4, 0.5) is 0 Å². The summed E-state index contributed by atoms with van der Waals surface area (Å²) in [6.45, 7) is 2.76. The van der Waals surface area contributed by atoms with E-state index in [1.807, 2.05) is 6.92 Å². The number of nitrogens with one attached hydrogen (secondary N) is 1. The number of hydrogen-bond donors (Lipinski definition) is 3. The summed E-state index contributed by atoms with van der Waals surface area (Å²) in [6, 6.07) is -0.389.